The Balaban J connectivity index is 1.69. The number of rotatable bonds is 3. The first-order chi connectivity index (χ1) is 10.2. The highest BCUT2D eigenvalue weighted by Gasteiger charge is 2.25. The van der Waals surface area contributed by atoms with Gasteiger partial charge in [0.05, 0.1) is 6.10 Å². The van der Waals surface area contributed by atoms with Crippen molar-refractivity contribution in [3.05, 3.63) is 41.9 Å². The molecular formula is C15H18N4OS. The second-order valence-corrected chi connectivity index (χ2v) is 6.39. The van der Waals surface area contributed by atoms with Gasteiger partial charge in [-0.3, -0.25) is 4.98 Å². The number of ether oxygens (including phenoxy) is 1. The van der Waals surface area contributed by atoms with Crippen molar-refractivity contribution in [3.63, 3.8) is 0 Å². The third-order valence-electron chi connectivity index (χ3n) is 3.42. The quantitative estimate of drug-likeness (QED) is 0.879. The maximum Gasteiger partial charge on any atom is 0.189 e. The third kappa shape index (κ3) is 3.71. The van der Waals surface area contributed by atoms with Gasteiger partial charge < -0.3 is 10.5 Å². The standard InChI is InChI=1S/C15H18N4OS/c1-10-7-14(16)19-15(18-10)21-12-4-6-20-13(8-12)11-3-2-5-17-9-11/h2-3,5,7,9,12-13H,4,6,8H2,1H3,(H2,16,18,19). The second kappa shape index (κ2) is 6.41. The molecule has 1 aliphatic rings. The van der Waals surface area contributed by atoms with Crippen LogP contribution in [0.4, 0.5) is 5.82 Å². The molecule has 2 unspecified atom stereocenters. The van der Waals surface area contributed by atoms with Crippen LogP contribution in [0.3, 0.4) is 0 Å². The Hall–Kier alpha value is -1.66. The van der Waals surface area contributed by atoms with E-state index in [0.717, 1.165) is 35.9 Å². The molecule has 2 N–H and O–H groups in total. The minimum absolute atomic E-state index is 0.104. The zero-order valence-corrected chi connectivity index (χ0v) is 12.7. The molecule has 2 aromatic rings. The molecule has 0 saturated carbocycles. The lowest BCUT2D eigenvalue weighted by Crippen LogP contribution is -2.22. The SMILES string of the molecule is Cc1cc(N)nc(SC2CCOC(c3cccnc3)C2)n1. The molecule has 2 atom stereocenters. The molecule has 3 heterocycles. The van der Waals surface area contributed by atoms with Gasteiger partial charge in [0.15, 0.2) is 5.16 Å². The minimum atomic E-state index is 0.104. The van der Waals surface area contributed by atoms with Crippen molar-refractivity contribution in [1.82, 2.24) is 15.0 Å². The number of nitrogens with two attached hydrogens (primary N) is 1. The highest BCUT2D eigenvalue weighted by Crippen LogP contribution is 2.36. The van der Waals surface area contributed by atoms with Crippen LogP contribution in [0.2, 0.25) is 0 Å². The number of aromatic nitrogens is 3. The topological polar surface area (TPSA) is 73.9 Å². The Morgan fingerprint density at radius 1 is 1.38 bits per heavy atom. The number of anilines is 1. The molecule has 1 aliphatic heterocycles. The van der Waals surface area contributed by atoms with Crippen LogP contribution in [-0.4, -0.2) is 26.8 Å². The molecular weight excluding hydrogens is 284 g/mol. The maximum absolute atomic E-state index is 5.86. The van der Waals surface area contributed by atoms with Crippen molar-refractivity contribution in [2.24, 2.45) is 0 Å². The van der Waals surface area contributed by atoms with Crippen LogP contribution < -0.4 is 5.73 Å². The van der Waals surface area contributed by atoms with Gasteiger partial charge in [0.25, 0.3) is 0 Å². The molecule has 2 aromatic heterocycles. The molecule has 0 aliphatic carbocycles. The van der Waals surface area contributed by atoms with E-state index in [4.69, 9.17) is 10.5 Å². The maximum atomic E-state index is 5.86. The van der Waals surface area contributed by atoms with E-state index in [0.29, 0.717) is 11.1 Å². The van der Waals surface area contributed by atoms with Crippen LogP contribution in [0.1, 0.15) is 30.2 Å². The fourth-order valence-corrected chi connectivity index (χ4v) is 3.58. The Bertz CT molecular complexity index is 588. The van der Waals surface area contributed by atoms with Crippen LogP contribution >= 0.6 is 11.8 Å². The van der Waals surface area contributed by atoms with Crippen LogP contribution in [0, 0.1) is 6.92 Å². The molecule has 1 fully saturated rings. The smallest absolute Gasteiger partial charge is 0.189 e. The van der Waals surface area contributed by atoms with Gasteiger partial charge in [-0.15, -0.1) is 0 Å². The largest absolute Gasteiger partial charge is 0.384 e. The number of hydrogen-bond acceptors (Lipinski definition) is 6. The van der Waals surface area contributed by atoms with Crippen molar-refractivity contribution in [2.75, 3.05) is 12.3 Å². The molecule has 0 spiro atoms. The predicted molar refractivity (Wildman–Crippen MR) is 83.0 cm³/mol. The average molecular weight is 302 g/mol. The van der Waals surface area contributed by atoms with Crippen LogP contribution in [0.25, 0.3) is 0 Å². The van der Waals surface area contributed by atoms with Crippen molar-refractivity contribution in [1.29, 1.82) is 0 Å². The van der Waals surface area contributed by atoms with Gasteiger partial charge in [-0.1, -0.05) is 17.8 Å². The molecule has 6 heteroatoms. The molecule has 0 bridgehead atoms. The Morgan fingerprint density at radius 3 is 3.05 bits per heavy atom. The van der Waals surface area contributed by atoms with Crippen LogP contribution in [-0.2, 0) is 4.74 Å². The first-order valence-electron chi connectivity index (χ1n) is 7.00. The van der Waals surface area contributed by atoms with Gasteiger partial charge in [0.1, 0.15) is 5.82 Å². The number of aryl methyl sites for hydroxylation is 1. The number of pyridine rings is 1. The van der Waals surface area contributed by atoms with E-state index in [1.807, 2.05) is 19.2 Å². The molecule has 110 valence electrons. The minimum Gasteiger partial charge on any atom is -0.384 e. The molecule has 0 amide bonds. The Morgan fingerprint density at radius 2 is 2.29 bits per heavy atom. The summed E-state index contributed by atoms with van der Waals surface area (Å²) >= 11 is 1.69. The van der Waals surface area contributed by atoms with E-state index in [-0.39, 0.29) is 6.10 Å². The molecule has 5 nitrogen and oxygen atoms in total. The number of thioether (sulfide) groups is 1. The summed E-state index contributed by atoms with van der Waals surface area (Å²) in [6.07, 6.45) is 5.69. The van der Waals surface area contributed by atoms with Gasteiger partial charge in [0.2, 0.25) is 0 Å². The fraction of sp³-hybridized carbons (Fsp3) is 0.400. The summed E-state index contributed by atoms with van der Waals surface area (Å²) in [6, 6.07) is 5.79. The fourth-order valence-electron chi connectivity index (χ4n) is 2.44. The lowest BCUT2D eigenvalue weighted by atomic mass is 10.0. The normalized spacial score (nSPS) is 22.1. The zero-order chi connectivity index (χ0) is 14.7. The number of nitrogen functional groups attached to an aromatic ring is 1. The number of nitrogens with zero attached hydrogens (tertiary/aromatic N) is 3. The molecule has 21 heavy (non-hydrogen) atoms. The van der Waals surface area contributed by atoms with Gasteiger partial charge in [0, 0.05) is 36.0 Å². The van der Waals surface area contributed by atoms with Crippen LogP contribution in [0.15, 0.2) is 35.7 Å². The Kier molecular flexibility index (Phi) is 4.36. The second-order valence-electron chi connectivity index (χ2n) is 5.13. The molecule has 3 rings (SSSR count). The molecule has 0 radical (unpaired) electrons. The summed E-state index contributed by atoms with van der Waals surface area (Å²) in [7, 11) is 0. The van der Waals surface area contributed by atoms with Gasteiger partial charge in [-0.25, -0.2) is 9.97 Å². The Labute approximate surface area is 128 Å². The first-order valence-corrected chi connectivity index (χ1v) is 7.88. The van der Waals surface area contributed by atoms with Crippen molar-refractivity contribution >= 4 is 17.6 Å². The monoisotopic (exact) mass is 302 g/mol. The highest BCUT2D eigenvalue weighted by molar-refractivity contribution is 7.99. The average Bonchev–Trinajstić information content (AvgIpc) is 2.47. The van der Waals surface area contributed by atoms with E-state index in [2.05, 4.69) is 21.0 Å². The molecule has 1 saturated heterocycles. The summed E-state index contributed by atoms with van der Waals surface area (Å²) in [4.78, 5) is 12.9. The van der Waals surface area contributed by atoms with Crippen molar-refractivity contribution < 1.29 is 4.74 Å². The predicted octanol–water partition coefficient (Wildman–Crippen LogP) is 2.77. The summed E-state index contributed by atoms with van der Waals surface area (Å²) in [5, 5.41) is 1.19. The van der Waals surface area contributed by atoms with Crippen LogP contribution in [0.5, 0.6) is 0 Å². The molecule has 0 aromatic carbocycles. The van der Waals surface area contributed by atoms with E-state index in [1.165, 1.54) is 0 Å². The summed E-state index contributed by atoms with van der Waals surface area (Å²) < 4.78 is 5.86. The third-order valence-corrected chi connectivity index (χ3v) is 4.57. The lowest BCUT2D eigenvalue weighted by molar-refractivity contribution is 0.0176. The van der Waals surface area contributed by atoms with Gasteiger partial charge >= 0.3 is 0 Å². The first kappa shape index (κ1) is 14.3. The van der Waals surface area contributed by atoms with E-state index < -0.39 is 0 Å². The lowest BCUT2D eigenvalue weighted by Gasteiger charge is -2.28. The van der Waals surface area contributed by atoms with Gasteiger partial charge in [-0.2, -0.15) is 0 Å². The van der Waals surface area contributed by atoms with E-state index in [9.17, 15) is 0 Å². The van der Waals surface area contributed by atoms with Crippen molar-refractivity contribution in [3.8, 4) is 0 Å². The summed E-state index contributed by atoms with van der Waals surface area (Å²) in [5.74, 6) is 0.529. The van der Waals surface area contributed by atoms with E-state index >= 15 is 0 Å². The zero-order valence-electron chi connectivity index (χ0n) is 11.9. The summed E-state index contributed by atoms with van der Waals surface area (Å²) in [5.41, 5.74) is 7.82. The highest BCUT2D eigenvalue weighted by atomic mass is 32.2. The van der Waals surface area contributed by atoms with Crippen molar-refractivity contribution in [2.45, 2.75) is 36.3 Å². The van der Waals surface area contributed by atoms with Gasteiger partial charge in [-0.05, 0) is 31.4 Å². The summed E-state index contributed by atoms with van der Waals surface area (Å²) in [6.45, 7) is 2.68. The number of hydrogen-bond donors (Lipinski definition) is 1. The van der Waals surface area contributed by atoms with E-state index in [1.54, 1.807) is 24.0 Å².